The normalized spacial score (nSPS) is 29.4. The molecule has 0 radical (unpaired) electrons. The van der Waals surface area contributed by atoms with E-state index in [0.717, 1.165) is 13.1 Å². The second kappa shape index (κ2) is 6.18. The van der Waals surface area contributed by atoms with Crippen molar-refractivity contribution in [2.45, 2.75) is 59.7 Å². The van der Waals surface area contributed by atoms with Gasteiger partial charge in [-0.05, 0) is 55.6 Å². The second-order valence-electron chi connectivity index (χ2n) is 9.08. The molecule has 0 saturated carbocycles. The van der Waals surface area contributed by atoms with E-state index >= 15 is 0 Å². The van der Waals surface area contributed by atoms with Gasteiger partial charge in [0.25, 0.3) is 0 Å². The molecule has 6 nitrogen and oxygen atoms in total. The Morgan fingerprint density at radius 2 is 1.68 bits per heavy atom. The number of aliphatic hydroxyl groups is 1. The van der Waals surface area contributed by atoms with E-state index in [-0.39, 0.29) is 18.4 Å². The predicted molar refractivity (Wildman–Crippen MR) is 95.6 cm³/mol. The van der Waals surface area contributed by atoms with Crippen LogP contribution >= 0.6 is 0 Å². The number of carbonyl (C=O) groups is 2. The van der Waals surface area contributed by atoms with Gasteiger partial charge in [0.2, 0.25) is 0 Å². The first kappa shape index (κ1) is 20.1. The molecule has 1 saturated heterocycles. The zero-order chi connectivity index (χ0) is 19.4. The third-order valence-corrected chi connectivity index (χ3v) is 5.73. The second-order valence-corrected chi connectivity index (χ2v) is 9.08. The number of carbonyl (C=O) groups excluding carboxylic acids is 2. The van der Waals surface area contributed by atoms with Crippen LogP contribution in [0.5, 0.6) is 0 Å². The molecule has 1 aliphatic heterocycles. The number of allylic oxidation sites excluding steroid dienone is 1. The van der Waals surface area contributed by atoms with Gasteiger partial charge < -0.3 is 9.84 Å². The molecule has 1 heterocycles. The van der Waals surface area contributed by atoms with Gasteiger partial charge in [0.05, 0.1) is 17.0 Å². The molecule has 6 heteroatoms. The number of nitrogens with zero attached hydrogens (tertiary/aromatic N) is 2. The average Bonchev–Trinajstić information content (AvgIpc) is 2.81. The molecule has 1 N–H and O–H groups in total. The fourth-order valence-corrected chi connectivity index (χ4v) is 3.81. The quantitative estimate of drug-likeness (QED) is 0.764. The lowest BCUT2D eigenvalue weighted by atomic mass is 9.62. The summed E-state index contributed by atoms with van der Waals surface area (Å²) in [5, 5.41) is 11.7. The van der Waals surface area contributed by atoms with Gasteiger partial charge in [-0.15, -0.1) is 0 Å². The lowest BCUT2D eigenvalue weighted by Crippen LogP contribution is -2.66. The molecule has 1 atom stereocenters. The molecule has 0 aromatic rings. The summed E-state index contributed by atoms with van der Waals surface area (Å²) < 4.78 is 5.58. The molecule has 142 valence electrons. The van der Waals surface area contributed by atoms with Gasteiger partial charge >= 0.3 is 5.97 Å². The molecule has 1 aliphatic carbocycles. The molecule has 2 aliphatic rings. The fourth-order valence-electron chi connectivity index (χ4n) is 3.81. The Morgan fingerprint density at radius 1 is 1.20 bits per heavy atom. The van der Waals surface area contributed by atoms with Gasteiger partial charge in [-0.3, -0.25) is 19.4 Å². The summed E-state index contributed by atoms with van der Waals surface area (Å²) in [4.78, 5) is 29.5. The minimum absolute atomic E-state index is 0.138. The lowest BCUT2D eigenvalue weighted by molar-refractivity contribution is -0.173. The molecule has 0 aromatic heterocycles. The smallest absolute Gasteiger partial charge is 0.316 e. The SMILES string of the molecule is CC1=C(OC(=O)C(C)(C)C)C[C@@](O)(C2N(C)CCN2C)C(C)(C)C1=O. The summed E-state index contributed by atoms with van der Waals surface area (Å²) in [6, 6.07) is 0. The van der Waals surface area contributed by atoms with Crippen LogP contribution in [0.3, 0.4) is 0 Å². The van der Waals surface area contributed by atoms with Crippen LogP contribution in [0.1, 0.15) is 48.0 Å². The van der Waals surface area contributed by atoms with Crippen molar-refractivity contribution in [2.24, 2.45) is 10.8 Å². The predicted octanol–water partition coefficient (Wildman–Crippen LogP) is 1.78. The number of ether oxygens (including phenoxy) is 1. The monoisotopic (exact) mass is 352 g/mol. The van der Waals surface area contributed by atoms with Crippen molar-refractivity contribution < 1.29 is 19.4 Å². The third kappa shape index (κ3) is 3.15. The van der Waals surface area contributed by atoms with Gasteiger partial charge in [0, 0.05) is 25.1 Å². The summed E-state index contributed by atoms with van der Waals surface area (Å²) in [5.41, 5.74) is -2.58. The highest BCUT2D eigenvalue weighted by molar-refractivity contribution is 6.01. The molecular formula is C19H32N2O4. The minimum atomic E-state index is -1.35. The topological polar surface area (TPSA) is 70.1 Å². The van der Waals surface area contributed by atoms with Gasteiger partial charge in [-0.2, -0.15) is 0 Å². The number of ketones is 1. The van der Waals surface area contributed by atoms with Crippen LogP contribution < -0.4 is 0 Å². The highest BCUT2D eigenvalue weighted by Crippen LogP contribution is 2.48. The number of Topliss-reactive ketones (excluding diaryl/α,β-unsaturated/α-hetero) is 1. The Morgan fingerprint density at radius 3 is 2.12 bits per heavy atom. The van der Waals surface area contributed by atoms with Crippen LogP contribution in [-0.2, 0) is 14.3 Å². The maximum atomic E-state index is 13.0. The van der Waals surface area contributed by atoms with Crippen molar-refractivity contribution in [3.63, 3.8) is 0 Å². The zero-order valence-corrected chi connectivity index (χ0v) is 16.8. The molecular weight excluding hydrogens is 320 g/mol. The summed E-state index contributed by atoms with van der Waals surface area (Å²) in [7, 11) is 3.89. The van der Waals surface area contributed by atoms with Gasteiger partial charge in [-0.25, -0.2) is 0 Å². The standard InChI is InChI=1S/C19H32N2O4/c1-12-13(25-16(23)17(2,3)4)11-19(24,18(5,6)14(12)22)15-20(7)9-10-21(15)8/h15,24H,9-11H2,1-8H3/t19-/m1/s1. The van der Waals surface area contributed by atoms with Crippen molar-refractivity contribution in [3.05, 3.63) is 11.3 Å². The highest BCUT2D eigenvalue weighted by Gasteiger charge is 2.60. The van der Waals surface area contributed by atoms with E-state index < -0.39 is 22.4 Å². The van der Waals surface area contributed by atoms with Crippen LogP contribution in [0.15, 0.2) is 11.3 Å². The number of esters is 1. The molecule has 1 fully saturated rings. The lowest BCUT2D eigenvalue weighted by Gasteiger charge is -2.51. The van der Waals surface area contributed by atoms with Gasteiger partial charge in [0.15, 0.2) is 5.78 Å². The van der Waals surface area contributed by atoms with E-state index in [1.807, 2.05) is 14.1 Å². The van der Waals surface area contributed by atoms with Crippen LogP contribution in [0.4, 0.5) is 0 Å². The first-order chi connectivity index (χ1) is 11.2. The summed E-state index contributed by atoms with van der Waals surface area (Å²) in [6.45, 7) is 12.2. The Labute approximate surface area is 150 Å². The molecule has 25 heavy (non-hydrogen) atoms. The maximum absolute atomic E-state index is 13.0. The van der Waals surface area contributed by atoms with Crippen LogP contribution in [0, 0.1) is 10.8 Å². The van der Waals surface area contributed by atoms with Crippen molar-refractivity contribution in [2.75, 3.05) is 27.2 Å². The Kier molecular flexibility index (Phi) is 4.96. The van der Waals surface area contributed by atoms with Crippen LogP contribution in [0.25, 0.3) is 0 Å². The summed E-state index contributed by atoms with van der Waals surface area (Å²) in [6.07, 6.45) is -0.179. The van der Waals surface area contributed by atoms with Crippen LogP contribution in [-0.4, -0.2) is 65.6 Å². The molecule has 0 aromatic carbocycles. The average molecular weight is 352 g/mol. The van der Waals surface area contributed by atoms with Crippen molar-refractivity contribution >= 4 is 11.8 Å². The van der Waals surface area contributed by atoms with E-state index in [0.29, 0.717) is 11.3 Å². The summed E-state index contributed by atoms with van der Waals surface area (Å²) >= 11 is 0. The Hall–Kier alpha value is -1.24. The molecule has 0 spiro atoms. The Bertz CT molecular complexity index is 607. The van der Waals surface area contributed by atoms with E-state index in [1.165, 1.54) is 0 Å². The van der Waals surface area contributed by atoms with Crippen LogP contribution in [0.2, 0.25) is 0 Å². The van der Waals surface area contributed by atoms with E-state index in [1.54, 1.807) is 41.5 Å². The van der Waals surface area contributed by atoms with Crippen molar-refractivity contribution in [1.29, 1.82) is 0 Å². The van der Waals surface area contributed by atoms with Gasteiger partial charge in [0.1, 0.15) is 11.4 Å². The van der Waals surface area contributed by atoms with E-state index in [4.69, 9.17) is 4.74 Å². The fraction of sp³-hybridized carbons (Fsp3) is 0.789. The molecule has 2 rings (SSSR count). The molecule has 0 amide bonds. The number of likely N-dealkylation sites (N-methyl/N-ethyl adjacent to an activating group) is 2. The minimum Gasteiger partial charge on any atom is -0.430 e. The largest absolute Gasteiger partial charge is 0.430 e. The third-order valence-electron chi connectivity index (χ3n) is 5.73. The molecule has 0 unspecified atom stereocenters. The first-order valence-corrected chi connectivity index (χ1v) is 8.83. The number of hydrogen-bond acceptors (Lipinski definition) is 6. The zero-order valence-electron chi connectivity index (χ0n) is 16.8. The summed E-state index contributed by atoms with van der Waals surface area (Å²) in [5.74, 6) is -0.281. The maximum Gasteiger partial charge on any atom is 0.316 e. The Balaban J connectivity index is 2.47. The van der Waals surface area contributed by atoms with E-state index in [2.05, 4.69) is 9.80 Å². The van der Waals surface area contributed by atoms with Crippen molar-refractivity contribution in [1.82, 2.24) is 9.80 Å². The van der Waals surface area contributed by atoms with E-state index in [9.17, 15) is 14.7 Å². The number of hydrogen-bond donors (Lipinski definition) is 1. The van der Waals surface area contributed by atoms with Crippen molar-refractivity contribution in [3.8, 4) is 0 Å². The molecule has 0 bridgehead atoms. The first-order valence-electron chi connectivity index (χ1n) is 8.83. The highest BCUT2D eigenvalue weighted by atomic mass is 16.5. The van der Waals surface area contributed by atoms with Gasteiger partial charge in [-0.1, -0.05) is 0 Å². The number of rotatable bonds is 2.